The van der Waals surface area contributed by atoms with E-state index in [-0.39, 0.29) is 66.4 Å². The molecule has 0 saturated carbocycles. The van der Waals surface area contributed by atoms with Crippen molar-refractivity contribution in [1.29, 1.82) is 0 Å². The summed E-state index contributed by atoms with van der Waals surface area (Å²) in [5, 5.41) is 24.1. The SMILES string of the molecule is COc1ccc(NC(=O)/C=C/CN(C)CCCCNC(=O)CCCC(=O)NCCOCCOCCOCCOCCCCCCOCCOCCOCOCCOCCOCCNC(=O)CCCC[C@@H]2SC[C@@H]3NC(=O)N[C@@H]32)cc1Nc1cc(Nc2ccc(F)c(Cl)c2)ncn1. The maximum atomic E-state index is 13.6. The number of anilines is 5. The summed E-state index contributed by atoms with van der Waals surface area (Å²) >= 11 is 7.81. The van der Waals surface area contributed by atoms with Crippen molar-refractivity contribution in [2.75, 3.05) is 194 Å². The van der Waals surface area contributed by atoms with Crippen molar-refractivity contribution in [3.8, 4) is 5.75 Å². The summed E-state index contributed by atoms with van der Waals surface area (Å²) in [5.74, 6) is 1.35. The van der Waals surface area contributed by atoms with Crippen molar-refractivity contribution in [2.24, 2.45) is 0 Å². The quantitative estimate of drug-likeness (QED) is 0.0123. The molecule has 6 amide bonds. The number of urea groups is 1. The topological polar surface area (TPSA) is 312 Å². The Bertz CT molecular complexity index is 2690. The Morgan fingerprint density at radius 3 is 1.74 bits per heavy atom. The number of nitrogens with zero attached hydrogens (tertiary/aromatic N) is 3. The lowest BCUT2D eigenvalue weighted by molar-refractivity contribution is -0.123. The molecule has 3 atom stereocenters. The second-order valence-electron chi connectivity index (χ2n) is 22.5. The van der Waals surface area contributed by atoms with Gasteiger partial charge in [-0.25, -0.2) is 19.2 Å². The van der Waals surface area contributed by atoms with Crippen LogP contribution in [0.2, 0.25) is 5.02 Å². The van der Waals surface area contributed by atoms with E-state index in [1.165, 1.54) is 31.6 Å². The highest BCUT2D eigenvalue weighted by molar-refractivity contribution is 8.00. The molecule has 0 spiro atoms. The Labute approximate surface area is 573 Å². The van der Waals surface area contributed by atoms with Crippen LogP contribution in [0.3, 0.4) is 0 Å². The highest BCUT2D eigenvalue weighted by atomic mass is 35.5. The first kappa shape index (κ1) is 80.6. The van der Waals surface area contributed by atoms with E-state index in [1.807, 2.05) is 18.8 Å². The molecule has 3 heterocycles. The zero-order chi connectivity index (χ0) is 68.3. The molecule has 2 aromatic carbocycles. The molecule has 0 unspecified atom stereocenters. The third-order valence-electron chi connectivity index (χ3n) is 14.7. The summed E-state index contributed by atoms with van der Waals surface area (Å²) in [5.41, 5.74) is 1.64. The number of unbranched alkanes of at least 4 members (excludes halogenated alkanes) is 5. The van der Waals surface area contributed by atoms with Gasteiger partial charge in [-0.1, -0.05) is 36.9 Å². The number of rotatable bonds is 59. The van der Waals surface area contributed by atoms with Gasteiger partial charge in [0.1, 0.15) is 36.3 Å². The lowest BCUT2D eigenvalue weighted by Crippen LogP contribution is -2.36. The van der Waals surface area contributed by atoms with Crippen LogP contribution in [0.1, 0.15) is 83.5 Å². The van der Waals surface area contributed by atoms with Crippen molar-refractivity contribution in [2.45, 2.75) is 101 Å². The molecule has 0 radical (unpaired) electrons. The van der Waals surface area contributed by atoms with E-state index in [2.05, 4.69) is 57.4 Å². The summed E-state index contributed by atoms with van der Waals surface area (Å²) in [7, 11) is 3.49. The fourth-order valence-corrected chi connectivity index (χ4v) is 11.4. The van der Waals surface area contributed by atoms with Gasteiger partial charge in [-0.05, 0) is 94.9 Å². The van der Waals surface area contributed by atoms with Crippen LogP contribution in [0.4, 0.5) is 37.9 Å². The third kappa shape index (κ3) is 38.2. The van der Waals surface area contributed by atoms with Crippen molar-refractivity contribution < 1.29 is 80.5 Å². The molecular weight excluding hydrogens is 1290 g/mol. The second-order valence-corrected chi connectivity index (χ2v) is 24.1. The standard InChI is InChI=1S/C66H103ClFN11O16S/c1-79(26-12-17-64(83)75-52-19-21-57(85-2)55(46-52)76-60-47-59(72-49-73-60)74-51-18-20-54(68)53(67)45-51)25-8-7-22-69-62(81)15-11-16-63(82)71-24-30-89-33-37-91-40-39-90-35-31-86-27-9-3-4-10-28-87-32-36-92-41-43-94-50-95-44-42-93-38-34-88-29-23-70-61(80)14-6-5-13-58-65-56(48-96-58)77-66(84)78-65/h12,17-21,45-47,49,56,58,65H,3-11,13-16,22-44,48,50H2,1-2H3,(H,69,81)(H,70,80)(H,71,82)(H,75,83)(H2,77,78,84)(H2,72,73,74,76)/b17-12+/t56-,58-,65-/m0/s1. The van der Waals surface area contributed by atoms with Crippen LogP contribution in [0.15, 0.2) is 60.9 Å². The van der Waals surface area contributed by atoms with Gasteiger partial charge >= 0.3 is 6.03 Å². The smallest absolute Gasteiger partial charge is 0.315 e. The maximum absolute atomic E-state index is 13.6. The van der Waals surface area contributed by atoms with Crippen LogP contribution in [0.5, 0.6) is 5.75 Å². The minimum absolute atomic E-state index is 0.0181. The van der Waals surface area contributed by atoms with Crippen LogP contribution in [-0.4, -0.2) is 240 Å². The first-order valence-electron chi connectivity index (χ1n) is 33.4. The second kappa shape index (κ2) is 52.1. The Balaban J connectivity index is 0.673. The Morgan fingerprint density at radius 2 is 1.15 bits per heavy atom. The molecule has 0 bridgehead atoms. The summed E-state index contributed by atoms with van der Waals surface area (Å²) < 4.78 is 74.5. The molecule has 538 valence electrons. The van der Waals surface area contributed by atoms with Gasteiger partial charge in [0.15, 0.2) is 0 Å². The van der Waals surface area contributed by atoms with Crippen LogP contribution in [0, 0.1) is 5.82 Å². The molecule has 3 aromatic rings. The van der Waals surface area contributed by atoms with Crippen LogP contribution in [0.25, 0.3) is 0 Å². The number of hydrogen-bond acceptors (Lipinski definition) is 22. The minimum atomic E-state index is -0.524. The predicted molar refractivity (Wildman–Crippen MR) is 366 cm³/mol. The van der Waals surface area contributed by atoms with E-state index < -0.39 is 5.82 Å². The number of hydrogen-bond donors (Lipinski definition) is 8. The molecular formula is C66H103ClFN11O16S. The summed E-state index contributed by atoms with van der Waals surface area (Å²) in [4.78, 5) is 71.5. The van der Waals surface area contributed by atoms with Gasteiger partial charge in [0.25, 0.3) is 0 Å². The number of halogens is 2. The molecule has 30 heteroatoms. The number of benzene rings is 2. The number of carbonyl (C=O) groups excluding carboxylic acids is 5. The number of ether oxygens (including phenoxy) is 11. The van der Waals surface area contributed by atoms with E-state index in [0.29, 0.717) is 198 Å². The molecule has 5 rings (SSSR count). The molecule has 27 nitrogen and oxygen atoms in total. The number of fused-ring (bicyclic) bond motifs is 1. The number of nitrogens with one attached hydrogen (secondary N) is 8. The lowest BCUT2D eigenvalue weighted by Gasteiger charge is -2.16. The van der Waals surface area contributed by atoms with Crippen molar-refractivity contribution >= 4 is 81.7 Å². The van der Waals surface area contributed by atoms with Gasteiger partial charge in [-0.15, -0.1) is 0 Å². The van der Waals surface area contributed by atoms with Gasteiger partial charge in [0.2, 0.25) is 23.6 Å². The number of carbonyl (C=O) groups is 5. The first-order valence-corrected chi connectivity index (χ1v) is 34.8. The molecule has 2 fully saturated rings. The summed E-state index contributed by atoms with van der Waals surface area (Å²) in [6, 6.07) is 11.5. The zero-order valence-electron chi connectivity index (χ0n) is 55.9. The fourth-order valence-electron chi connectivity index (χ4n) is 9.64. The molecule has 2 saturated heterocycles. The van der Waals surface area contributed by atoms with Gasteiger partial charge in [0.05, 0.1) is 136 Å². The molecule has 0 aliphatic carbocycles. The van der Waals surface area contributed by atoms with Crippen molar-refractivity contribution in [3.63, 3.8) is 0 Å². The van der Waals surface area contributed by atoms with E-state index in [4.69, 9.17) is 63.7 Å². The predicted octanol–water partition coefficient (Wildman–Crippen LogP) is 6.90. The Kier molecular flexibility index (Phi) is 43.7. The Morgan fingerprint density at radius 1 is 0.604 bits per heavy atom. The molecule has 2 aliphatic heterocycles. The molecule has 96 heavy (non-hydrogen) atoms. The number of amides is 6. The number of likely N-dealkylation sites (N-methyl/N-ethyl adjacent to an activating group) is 1. The van der Waals surface area contributed by atoms with Crippen LogP contribution < -0.4 is 47.3 Å². The van der Waals surface area contributed by atoms with E-state index in [1.54, 1.807) is 36.4 Å². The van der Waals surface area contributed by atoms with Gasteiger partial charge < -0.3 is 99.5 Å². The number of methoxy groups -OCH3 is 1. The normalized spacial score (nSPS) is 15.0. The molecule has 8 N–H and O–H groups in total. The van der Waals surface area contributed by atoms with Gasteiger partial charge in [0, 0.05) is 93.2 Å². The number of thioether (sulfide) groups is 1. The van der Waals surface area contributed by atoms with Gasteiger partial charge in [-0.2, -0.15) is 11.8 Å². The average molecular weight is 1390 g/mol. The van der Waals surface area contributed by atoms with Gasteiger partial charge in [-0.3, -0.25) is 19.2 Å². The zero-order valence-corrected chi connectivity index (χ0v) is 57.5. The fraction of sp³-hybridized carbons (Fsp3) is 0.652. The Hall–Kier alpha value is -6.06. The largest absolute Gasteiger partial charge is 0.495 e. The first-order chi connectivity index (χ1) is 46.9. The minimum Gasteiger partial charge on any atom is -0.495 e. The van der Waals surface area contributed by atoms with E-state index in [9.17, 15) is 28.4 Å². The highest BCUT2D eigenvalue weighted by Crippen LogP contribution is 2.34. The average Bonchev–Trinajstić information content (AvgIpc) is 1.14. The summed E-state index contributed by atoms with van der Waals surface area (Å²) in [6.07, 6.45) is 14.6. The van der Waals surface area contributed by atoms with Crippen molar-refractivity contribution in [1.82, 2.24) is 41.5 Å². The van der Waals surface area contributed by atoms with Crippen molar-refractivity contribution in [3.05, 3.63) is 71.8 Å². The third-order valence-corrected chi connectivity index (χ3v) is 16.5. The maximum Gasteiger partial charge on any atom is 0.315 e. The van der Waals surface area contributed by atoms with E-state index in [0.717, 1.165) is 70.1 Å². The highest BCUT2D eigenvalue weighted by Gasteiger charge is 2.42. The van der Waals surface area contributed by atoms with E-state index >= 15 is 0 Å². The summed E-state index contributed by atoms with van der Waals surface area (Å²) in [6.45, 7) is 11.5. The molecule has 1 aromatic heterocycles. The van der Waals surface area contributed by atoms with Crippen LogP contribution >= 0.6 is 23.4 Å². The monoisotopic (exact) mass is 1390 g/mol. The van der Waals surface area contributed by atoms with Crippen LogP contribution in [-0.2, 0) is 66.5 Å². The number of aromatic nitrogens is 2. The lowest BCUT2D eigenvalue weighted by atomic mass is 10.0. The molecule has 2 aliphatic rings.